The average Bonchev–Trinajstić information content (AvgIpc) is 3.27. The van der Waals surface area contributed by atoms with E-state index in [9.17, 15) is 23.3 Å². The minimum absolute atomic E-state index is 0.0598. The van der Waals surface area contributed by atoms with E-state index in [0.717, 1.165) is 25.9 Å². The van der Waals surface area contributed by atoms with Crippen molar-refractivity contribution in [3.05, 3.63) is 58.1 Å². The van der Waals surface area contributed by atoms with Gasteiger partial charge in [-0.15, -0.1) is 0 Å². The molecule has 0 aromatic heterocycles. The molecule has 1 heterocycles. The van der Waals surface area contributed by atoms with Crippen molar-refractivity contribution in [2.45, 2.75) is 31.1 Å². The van der Waals surface area contributed by atoms with Crippen LogP contribution < -0.4 is 14.9 Å². The lowest BCUT2D eigenvalue weighted by atomic mass is 10.1. The Morgan fingerprint density at radius 3 is 2.57 bits per heavy atom. The minimum atomic E-state index is -3.80. The van der Waals surface area contributed by atoms with Crippen LogP contribution in [0.3, 0.4) is 0 Å². The highest BCUT2D eigenvalue weighted by atomic mass is 32.2. The number of benzene rings is 2. The molecular formula is C20H24N4O5S. The van der Waals surface area contributed by atoms with Gasteiger partial charge in [0.15, 0.2) is 0 Å². The number of nitro benzene ring substituents is 1. The molecule has 0 unspecified atom stereocenters. The number of nitrogens with zero attached hydrogens (tertiary/aromatic N) is 2. The van der Waals surface area contributed by atoms with E-state index in [1.807, 2.05) is 11.8 Å². The predicted octanol–water partition coefficient (Wildman–Crippen LogP) is 3.14. The zero-order chi connectivity index (χ0) is 21.7. The summed E-state index contributed by atoms with van der Waals surface area (Å²) in [5, 5.41) is 13.5. The van der Waals surface area contributed by atoms with Crippen LogP contribution in [0, 0.1) is 10.1 Å². The zero-order valence-electron chi connectivity index (χ0n) is 16.6. The second kappa shape index (κ2) is 9.23. The monoisotopic (exact) mass is 432 g/mol. The first kappa shape index (κ1) is 21.7. The Hall–Kier alpha value is -2.98. The van der Waals surface area contributed by atoms with Gasteiger partial charge in [0.25, 0.3) is 11.6 Å². The number of anilines is 2. The number of nitrogens with one attached hydrogen (secondary N) is 2. The zero-order valence-corrected chi connectivity index (χ0v) is 17.4. The van der Waals surface area contributed by atoms with Gasteiger partial charge in [0.1, 0.15) is 4.90 Å². The minimum Gasteiger partial charge on any atom is -0.370 e. The molecule has 30 heavy (non-hydrogen) atoms. The third-order valence-electron chi connectivity index (χ3n) is 4.82. The first-order valence-electron chi connectivity index (χ1n) is 9.76. The number of sulfonamides is 1. The van der Waals surface area contributed by atoms with E-state index < -0.39 is 20.9 Å². The molecule has 2 aromatic rings. The van der Waals surface area contributed by atoms with Crippen LogP contribution in [0.25, 0.3) is 0 Å². The van der Waals surface area contributed by atoms with Crippen molar-refractivity contribution in [3.63, 3.8) is 0 Å². The van der Waals surface area contributed by atoms with Crippen LogP contribution in [0.5, 0.6) is 0 Å². The molecule has 2 N–H and O–H groups in total. The third kappa shape index (κ3) is 4.95. The number of hydrogen-bond acceptors (Lipinski definition) is 6. The van der Waals surface area contributed by atoms with Crippen LogP contribution >= 0.6 is 0 Å². The highest BCUT2D eigenvalue weighted by molar-refractivity contribution is 7.89. The van der Waals surface area contributed by atoms with Crippen LogP contribution in [0.1, 0.15) is 36.5 Å². The molecule has 9 nitrogen and oxygen atoms in total. The molecule has 1 amide bonds. The summed E-state index contributed by atoms with van der Waals surface area (Å²) < 4.78 is 28.3. The number of nitro groups is 1. The van der Waals surface area contributed by atoms with E-state index in [1.54, 1.807) is 12.1 Å². The predicted molar refractivity (Wildman–Crippen MR) is 114 cm³/mol. The number of carbonyl (C=O) groups excluding carboxylic acids is 1. The van der Waals surface area contributed by atoms with E-state index in [2.05, 4.69) is 10.0 Å². The molecular weight excluding hydrogens is 408 g/mol. The molecule has 0 saturated carbocycles. The summed E-state index contributed by atoms with van der Waals surface area (Å²) in [4.78, 5) is 25.2. The highest BCUT2D eigenvalue weighted by Gasteiger charge is 2.25. The fraction of sp³-hybridized carbons (Fsp3) is 0.350. The van der Waals surface area contributed by atoms with Gasteiger partial charge in [0.05, 0.1) is 10.6 Å². The number of rotatable bonds is 8. The summed E-state index contributed by atoms with van der Waals surface area (Å²) in [6.45, 7) is 3.68. The molecule has 10 heteroatoms. The first-order valence-corrected chi connectivity index (χ1v) is 11.2. The topological polar surface area (TPSA) is 122 Å². The molecule has 0 radical (unpaired) electrons. The lowest BCUT2D eigenvalue weighted by Crippen LogP contribution is -2.28. The summed E-state index contributed by atoms with van der Waals surface area (Å²) in [6, 6.07) is 10.1. The Kier molecular flexibility index (Phi) is 6.68. The number of amides is 1. The Labute approximate surface area is 175 Å². The molecule has 0 atom stereocenters. The molecule has 3 rings (SSSR count). The van der Waals surface area contributed by atoms with Crippen molar-refractivity contribution in [1.82, 2.24) is 4.72 Å². The highest BCUT2D eigenvalue weighted by Crippen LogP contribution is 2.30. The van der Waals surface area contributed by atoms with E-state index in [1.165, 1.54) is 30.3 Å². The maximum atomic E-state index is 12.9. The lowest BCUT2D eigenvalue weighted by Gasteiger charge is -2.22. The standard InChI is InChI=1S/C20H24N4O5S/c1-2-10-21-30(28,29)19-13-15(8-9-18(19)23-11-3-4-12-23)20(25)22-16-6-5-7-17(14-16)24(26)27/h5-9,13-14,21H,2-4,10-12H2,1H3,(H,22,25). The van der Waals surface area contributed by atoms with Gasteiger partial charge in [-0.25, -0.2) is 13.1 Å². The van der Waals surface area contributed by atoms with Crippen LogP contribution in [0.15, 0.2) is 47.4 Å². The van der Waals surface area contributed by atoms with Crippen molar-refractivity contribution in [2.24, 2.45) is 0 Å². The maximum Gasteiger partial charge on any atom is 0.271 e. The lowest BCUT2D eigenvalue weighted by molar-refractivity contribution is -0.384. The average molecular weight is 433 g/mol. The fourth-order valence-corrected chi connectivity index (χ4v) is 4.69. The second-order valence-corrected chi connectivity index (χ2v) is 8.77. The van der Waals surface area contributed by atoms with E-state index in [-0.39, 0.29) is 21.8 Å². The van der Waals surface area contributed by atoms with Gasteiger partial charge < -0.3 is 10.2 Å². The molecule has 160 valence electrons. The summed E-state index contributed by atoms with van der Waals surface area (Å²) in [5.74, 6) is -0.546. The maximum absolute atomic E-state index is 12.9. The number of non-ortho nitro benzene ring substituents is 1. The fourth-order valence-electron chi connectivity index (χ4n) is 3.30. The van der Waals surface area contributed by atoms with Crippen LogP contribution in [0.4, 0.5) is 17.1 Å². The molecule has 1 saturated heterocycles. The smallest absolute Gasteiger partial charge is 0.271 e. The molecule has 0 bridgehead atoms. The molecule has 1 fully saturated rings. The van der Waals surface area contributed by atoms with Crippen molar-refractivity contribution < 1.29 is 18.1 Å². The van der Waals surface area contributed by atoms with Gasteiger partial charge in [-0.2, -0.15) is 0 Å². The van der Waals surface area contributed by atoms with Crippen molar-refractivity contribution >= 4 is 33.0 Å². The van der Waals surface area contributed by atoms with Crippen molar-refractivity contribution in [3.8, 4) is 0 Å². The summed E-state index contributed by atoms with van der Waals surface area (Å²) in [6.07, 6.45) is 2.61. The van der Waals surface area contributed by atoms with E-state index >= 15 is 0 Å². The van der Waals surface area contributed by atoms with E-state index in [0.29, 0.717) is 18.7 Å². The van der Waals surface area contributed by atoms with Gasteiger partial charge in [0, 0.05) is 43.0 Å². The van der Waals surface area contributed by atoms with Gasteiger partial charge in [-0.05, 0) is 43.5 Å². The van der Waals surface area contributed by atoms with Crippen LogP contribution in [0.2, 0.25) is 0 Å². The van der Waals surface area contributed by atoms with Gasteiger partial charge >= 0.3 is 0 Å². The molecule has 0 aliphatic carbocycles. The van der Waals surface area contributed by atoms with Crippen molar-refractivity contribution in [1.29, 1.82) is 0 Å². The molecule has 1 aliphatic rings. The summed E-state index contributed by atoms with van der Waals surface area (Å²) >= 11 is 0. The Morgan fingerprint density at radius 2 is 1.90 bits per heavy atom. The number of hydrogen-bond donors (Lipinski definition) is 2. The summed E-state index contributed by atoms with van der Waals surface area (Å²) in [7, 11) is -3.80. The van der Waals surface area contributed by atoms with E-state index in [4.69, 9.17) is 0 Å². The quantitative estimate of drug-likeness (QED) is 0.488. The normalized spacial score (nSPS) is 14.0. The Morgan fingerprint density at radius 1 is 1.17 bits per heavy atom. The van der Waals surface area contributed by atoms with Gasteiger partial charge in [0.2, 0.25) is 10.0 Å². The largest absolute Gasteiger partial charge is 0.370 e. The SMILES string of the molecule is CCCNS(=O)(=O)c1cc(C(=O)Nc2cccc([N+](=O)[O-])c2)ccc1N1CCCC1. The van der Waals surface area contributed by atoms with Crippen molar-refractivity contribution in [2.75, 3.05) is 29.9 Å². The Bertz CT molecular complexity index is 1050. The molecule has 1 aliphatic heterocycles. The molecule has 0 spiro atoms. The van der Waals surface area contributed by atoms with Gasteiger partial charge in [-0.1, -0.05) is 13.0 Å². The molecule has 2 aromatic carbocycles. The first-order chi connectivity index (χ1) is 14.3. The Balaban J connectivity index is 1.93. The van der Waals surface area contributed by atoms with Crippen LogP contribution in [-0.2, 0) is 10.0 Å². The second-order valence-electron chi connectivity index (χ2n) is 7.04. The van der Waals surface area contributed by atoms with Crippen LogP contribution in [-0.4, -0.2) is 38.9 Å². The third-order valence-corrected chi connectivity index (χ3v) is 6.31. The van der Waals surface area contributed by atoms with Gasteiger partial charge in [-0.3, -0.25) is 14.9 Å². The summed E-state index contributed by atoms with van der Waals surface area (Å²) in [5.41, 5.74) is 0.833. The number of carbonyl (C=O) groups is 1.